The predicted octanol–water partition coefficient (Wildman–Crippen LogP) is 2.19. The Hall–Kier alpha value is -1.58. The maximum Gasteiger partial charge on any atom is 0.181 e. The molecule has 0 spiro atoms. The fraction of sp³-hybridized carbons (Fsp3) is 0.333. The average molecular weight is 177 g/mol. The Morgan fingerprint density at radius 2 is 2.23 bits per heavy atom. The molecule has 0 aliphatic rings. The van der Waals surface area contributed by atoms with Gasteiger partial charge in [-0.25, -0.2) is 9.97 Å². The summed E-state index contributed by atoms with van der Waals surface area (Å²) in [5.41, 5.74) is 0.876. The van der Waals surface area contributed by atoms with Crippen LogP contribution in [0.4, 0.5) is 0 Å². The molecule has 0 bridgehead atoms. The third-order valence-electron chi connectivity index (χ3n) is 1.84. The number of aromatic amines is 1. The number of H-pyrrole nitrogens is 1. The first-order chi connectivity index (χ1) is 6.27. The molecule has 13 heavy (non-hydrogen) atoms. The van der Waals surface area contributed by atoms with E-state index in [1.807, 2.05) is 0 Å². The highest BCUT2D eigenvalue weighted by molar-refractivity contribution is 5.49. The molecule has 68 valence electrons. The predicted molar refractivity (Wildman–Crippen MR) is 48.2 cm³/mol. The minimum absolute atomic E-state index is 0.400. The van der Waals surface area contributed by atoms with Crippen LogP contribution in [0.1, 0.15) is 25.6 Å². The lowest BCUT2D eigenvalue weighted by atomic mass is 10.2. The van der Waals surface area contributed by atoms with E-state index in [1.54, 1.807) is 12.4 Å². The molecule has 0 amide bonds. The van der Waals surface area contributed by atoms with E-state index in [9.17, 15) is 0 Å². The fourth-order valence-corrected chi connectivity index (χ4v) is 1.10. The molecule has 0 unspecified atom stereocenters. The van der Waals surface area contributed by atoms with Crippen LogP contribution in [0.3, 0.4) is 0 Å². The van der Waals surface area contributed by atoms with E-state index in [1.165, 1.54) is 6.39 Å². The van der Waals surface area contributed by atoms with Gasteiger partial charge in [-0.2, -0.15) is 0 Å². The van der Waals surface area contributed by atoms with Crippen molar-refractivity contribution in [2.45, 2.75) is 19.8 Å². The number of hydrogen-bond acceptors (Lipinski definition) is 3. The van der Waals surface area contributed by atoms with Crippen molar-refractivity contribution in [3.05, 3.63) is 24.6 Å². The summed E-state index contributed by atoms with van der Waals surface area (Å²) in [7, 11) is 0. The summed E-state index contributed by atoms with van der Waals surface area (Å²) in [4.78, 5) is 11.2. The minimum atomic E-state index is 0.400. The zero-order chi connectivity index (χ0) is 9.26. The van der Waals surface area contributed by atoms with Gasteiger partial charge >= 0.3 is 0 Å². The van der Waals surface area contributed by atoms with E-state index in [2.05, 4.69) is 28.8 Å². The molecular weight excluding hydrogens is 166 g/mol. The summed E-state index contributed by atoms with van der Waals surface area (Å²) in [6.07, 6.45) is 4.83. The standard InChI is InChI=1S/C9H11N3O/c1-6(2)9-11-3-7(12-9)8-4-10-5-13-8/h3-6H,1-2H3,(H,11,12). The van der Waals surface area contributed by atoms with Crippen molar-refractivity contribution < 1.29 is 4.42 Å². The minimum Gasteiger partial charge on any atom is -0.442 e. The van der Waals surface area contributed by atoms with Crippen LogP contribution in [0, 0.1) is 0 Å². The second kappa shape index (κ2) is 3.05. The van der Waals surface area contributed by atoms with Crippen LogP contribution < -0.4 is 0 Å². The maximum atomic E-state index is 5.13. The largest absolute Gasteiger partial charge is 0.442 e. The summed E-state index contributed by atoms with van der Waals surface area (Å²) in [5, 5.41) is 0. The smallest absolute Gasteiger partial charge is 0.181 e. The summed E-state index contributed by atoms with van der Waals surface area (Å²) in [6, 6.07) is 0. The Morgan fingerprint density at radius 3 is 2.77 bits per heavy atom. The normalized spacial score (nSPS) is 11.0. The molecule has 2 aromatic heterocycles. The maximum absolute atomic E-state index is 5.13. The van der Waals surface area contributed by atoms with E-state index in [0.29, 0.717) is 5.92 Å². The Kier molecular flexibility index (Phi) is 1.88. The Bertz CT molecular complexity index is 375. The quantitative estimate of drug-likeness (QED) is 0.764. The average Bonchev–Trinajstić information content (AvgIpc) is 2.75. The number of imidazole rings is 1. The Balaban J connectivity index is 2.33. The topological polar surface area (TPSA) is 54.7 Å². The molecule has 2 rings (SSSR count). The molecule has 4 heteroatoms. The molecule has 0 saturated carbocycles. The fourth-order valence-electron chi connectivity index (χ4n) is 1.10. The van der Waals surface area contributed by atoms with Gasteiger partial charge in [-0.05, 0) is 0 Å². The van der Waals surface area contributed by atoms with Gasteiger partial charge in [0.15, 0.2) is 12.2 Å². The molecule has 0 atom stereocenters. The zero-order valence-electron chi connectivity index (χ0n) is 7.61. The van der Waals surface area contributed by atoms with Crippen LogP contribution in [0.2, 0.25) is 0 Å². The van der Waals surface area contributed by atoms with Gasteiger partial charge in [0.05, 0.1) is 12.4 Å². The highest BCUT2D eigenvalue weighted by Gasteiger charge is 2.07. The molecular formula is C9H11N3O. The molecule has 1 N–H and O–H groups in total. The third kappa shape index (κ3) is 1.47. The Morgan fingerprint density at radius 1 is 1.38 bits per heavy atom. The molecule has 0 aromatic carbocycles. The van der Waals surface area contributed by atoms with Gasteiger partial charge in [-0.15, -0.1) is 0 Å². The number of nitrogens with one attached hydrogen (secondary N) is 1. The van der Waals surface area contributed by atoms with Crippen molar-refractivity contribution in [1.29, 1.82) is 0 Å². The van der Waals surface area contributed by atoms with Gasteiger partial charge in [-0.3, -0.25) is 0 Å². The Labute approximate surface area is 76.0 Å². The number of nitrogens with zero attached hydrogens (tertiary/aromatic N) is 2. The van der Waals surface area contributed by atoms with Gasteiger partial charge < -0.3 is 9.40 Å². The van der Waals surface area contributed by atoms with Gasteiger partial charge in [0, 0.05) is 5.92 Å². The summed E-state index contributed by atoms with van der Waals surface area (Å²) < 4.78 is 5.13. The van der Waals surface area contributed by atoms with E-state index in [0.717, 1.165) is 17.3 Å². The third-order valence-corrected chi connectivity index (χ3v) is 1.84. The highest BCUT2D eigenvalue weighted by atomic mass is 16.3. The van der Waals surface area contributed by atoms with Gasteiger partial charge in [0.25, 0.3) is 0 Å². The van der Waals surface area contributed by atoms with Crippen molar-refractivity contribution in [2.24, 2.45) is 0 Å². The van der Waals surface area contributed by atoms with Crippen LogP contribution in [0.15, 0.2) is 23.2 Å². The van der Waals surface area contributed by atoms with E-state index in [4.69, 9.17) is 4.42 Å². The lowest BCUT2D eigenvalue weighted by molar-refractivity contribution is 0.570. The first kappa shape index (κ1) is 8.04. The molecule has 2 heterocycles. The van der Waals surface area contributed by atoms with Crippen molar-refractivity contribution in [3.63, 3.8) is 0 Å². The molecule has 4 nitrogen and oxygen atoms in total. The van der Waals surface area contributed by atoms with Crippen molar-refractivity contribution in [3.8, 4) is 11.5 Å². The number of aromatic nitrogens is 3. The lowest BCUT2D eigenvalue weighted by Gasteiger charge is -1.96. The van der Waals surface area contributed by atoms with E-state index < -0.39 is 0 Å². The first-order valence-electron chi connectivity index (χ1n) is 4.21. The number of hydrogen-bond donors (Lipinski definition) is 1. The first-order valence-corrected chi connectivity index (χ1v) is 4.21. The lowest BCUT2D eigenvalue weighted by Crippen LogP contribution is -1.88. The second-order valence-electron chi connectivity index (χ2n) is 3.20. The number of oxazole rings is 1. The zero-order valence-corrected chi connectivity index (χ0v) is 7.61. The number of rotatable bonds is 2. The van der Waals surface area contributed by atoms with Gasteiger partial charge in [-0.1, -0.05) is 13.8 Å². The van der Waals surface area contributed by atoms with Crippen molar-refractivity contribution in [1.82, 2.24) is 15.0 Å². The SMILES string of the molecule is CC(C)c1ncc(-c2cnco2)[nH]1. The summed E-state index contributed by atoms with van der Waals surface area (Å²) >= 11 is 0. The summed E-state index contributed by atoms with van der Waals surface area (Å²) in [6.45, 7) is 4.17. The van der Waals surface area contributed by atoms with E-state index in [-0.39, 0.29) is 0 Å². The van der Waals surface area contributed by atoms with E-state index >= 15 is 0 Å². The van der Waals surface area contributed by atoms with Gasteiger partial charge in [0.1, 0.15) is 11.5 Å². The second-order valence-corrected chi connectivity index (χ2v) is 3.20. The molecule has 0 aliphatic carbocycles. The van der Waals surface area contributed by atoms with Gasteiger partial charge in [0.2, 0.25) is 0 Å². The summed E-state index contributed by atoms with van der Waals surface area (Å²) in [5.74, 6) is 2.09. The van der Waals surface area contributed by atoms with Crippen LogP contribution in [0.25, 0.3) is 11.5 Å². The van der Waals surface area contributed by atoms with Crippen LogP contribution in [-0.4, -0.2) is 15.0 Å². The van der Waals surface area contributed by atoms with Crippen LogP contribution in [0.5, 0.6) is 0 Å². The molecule has 0 saturated heterocycles. The van der Waals surface area contributed by atoms with Crippen LogP contribution in [-0.2, 0) is 0 Å². The van der Waals surface area contributed by atoms with Crippen LogP contribution >= 0.6 is 0 Å². The molecule has 0 radical (unpaired) electrons. The molecule has 2 aromatic rings. The highest BCUT2D eigenvalue weighted by Crippen LogP contribution is 2.18. The van der Waals surface area contributed by atoms with Crippen molar-refractivity contribution >= 4 is 0 Å². The monoisotopic (exact) mass is 177 g/mol. The molecule has 0 aliphatic heterocycles. The molecule has 0 fully saturated rings. The van der Waals surface area contributed by atoms with Crippen molar-refractivity contribution in [2.75, 3.05) is 0 Å².